The number of carbonyl (C=O) groups excluding carboxylic acids is 1. The van der Waals surface area contributed by atoms with Crippen molar-refractivity contribution in [1.29, 1.82) is 0 Å². The average molecular weight is 482 g/mol. The highest BCUT2D eigenvalue weighted by atomic mass is 16.1. The fourth-order valence-electron chi connectivity index (χ4n) is 5.15. The second-order valence-electron chi connectivity index (χ2n) is 10.3. The van der Waals surface area contributed by atoms with Crippen LogP contribution < -0.4 is 15.1 Å². The highest BCUT2D eigenvalue weighted by molar-refractivity contribution is 5.74. The Morgan fingerprint density at radius 3 is 2.00 bits per heavy atom. The molecule has 1 N–H and O–H groups in total. The van der Waals surface area contributed by atoms with Crippen molar-refractivity contribution in [3.05, 3.63) is 83.1 Å². The van der Waals surface area contributed by atoms with E-state index in [0.717, 1.165) is 29.8 Å². The third-order valence-corrected chi connectivity index (χ3v) is 7.58. The van der Waals surface area contributed by atoms with Gasteiger partial charge in [-0.1, -0.05) is 36.4 Å². The van der Waals surface area contributed by atoms with Crippen LogP contribution in [0.1, 0.15) is 41.6 Å². The van der Waals surface area contributed by atoms with Crippen LogP contribution in [0.25, 0.3) is 12.3 Å². The van der Waals surface area contributed by atoms with Gasteiger partial charge in [0.1, 0.15) is 6.29 Å². The summed E-state index contributed by atoms with van der Waals surface area (Å²) in [6, 6.07) is 18.2. The summed E-state index contributed by atoms with van der Waals surface area (Å²) >= 11 is 0. The number of aldehydes is 1. The number of fused-ring (bicyclic) bond motifs is 1. The van der Waals surface area contributed by atoms with Crippen LogP contribution in [0.15, 0.2) is 60.7 Å². The van der Waals surface area contributed by atoms with Crippen molar-refractivity contribution in [2.45, 2.75) is 37.1 Å². The number of benzene rings is 2. The number of hydrogen-bond donors (Lipinski definition) is 1. The third-order valence-electron chi connectivity index (χ3n) is 7.58. The lowest BCUT2D eigenvalue weighted by Crippen LogP contribution is -2.31. The average Bonchev–Trinajstić information content (AvgIpc) is 3.21. The molecule has 1 saturated carbocycles. The number of hydrogen-bond acceptors (Lipinski definition) is 5. The maximum atomic E-state index is 11.2. The Labute approximate surface area is 213 Å². The molecule has 0 saturated heterocycles. The summed E-state index contributed by atoms with van der Waals surface area (Å²) in [5.41, 5.74) is 6.66. The van der Waals surface area contributed by atoms with Crippen molar-refractivity contribution >= 4 is 35.8 Å². The molecule has 6 nitrogen and oxygen atoms in total. The lowest BCUT2D eigenvalue weighted by molar-refractivity contribution is -0.104. The number of nitrogens with zero attached hydrogens (tertiary/aromatic N) is 4. The summed E-state index contributed by atoms with van der Waals surface area (Å²) in [5.74, 6) is 0.904. The van der Waals surface area contributed by atoms with Gasteiger partial charge in [-0.2, -0.15) is 5.10 Å². The van der Waals surface area contributed by atoms with Gasteiger partial charge in [0.2, 0.25) is 0 Å². The summed E-state index contributed by atoms with van der Waals surface area (Å²) in [7, 11) is 8.25. The summed E-state index contributed by atoms with van der Waals surface area (Å²) in [6.45, 7) is 0. The monoisotopic (exact) mass is 481 g/mol. The Balaban J connectivity index is 1.63. The van der Waals surface area contributed by atoms with Gasteiger partial charge in [0.25, 0.3) is 0 Å². The van der Waals surface area contributed by atoms with Gasteiger partial charge < -0.3 is 15.1 Å². The van der Waals surface area contributed by atoms with Gasteiger partial charge in [0.05, 0.1) is 5.69 Å². The summed E-state index contributed by atoms with van der Waals surface area (Å²) < 4.78 is 1.88. The first kappa shape index (κ1) is 23.9. The van der Waals surface area contributed by atoms with E-state index in [2.05, 4.69) is 104 Å². The molecule has 0 aliphatic heterocycles. The molecule has 0 amide bonds. The molecule has 0 bridgehead atoms. The van der Waals surface area contributed by atoms with Gasteiger partial charge in [0, 0.05) is 69.2 Å². The van der Waals surface area contributed by atoms with E-state index >= 15 is 0 Å². The van der Waals surface area contributed by atoms with Crippen LogP contribution in [-0.2, 0) is 16.6 Å². The maximum Gasteiger partial charge on any atom is 0.156 e. The molecule has 3 aromatic rings. The quantitative estimate of drug-likeness (QED) is 0.354. The van der Waals surface area contributed by atoms with Crippen molar-refractivity contribution in [2.24, 2.45) is 0 Å². The van der Waals surface area contributed by atoms with Gasteiger partial charge >= 0.3 is 0 Å². The van der Waals surface area contributed by atoms with Crippen LogP contribution in [0.5, 0.6) is 0 Å². The van der Waals surface area contributed by atoms with E-state index in [1.807, 2.05) is 4.68 Å². The maximum absolute atomic E-state index is 11.2. The minimum Gasteiger partial charge on any atom is -0.378 e. The lowest BCUT2D eigenvalue weighted by atomic mass is 9.68. The molecule has 5 rings (SSSR count). The van der Waals surface area contributed by atoms with E-state index in [0.29, 0.717) is 6.04 Å². The molecule has 2 aliphatic rings. The van der Waals surface area contributed by atoms with E-state index in [-0.39, 0.29) is 5.41 Å². The first-order valence-electron chi connectivity index (χ1n) is 12.7. The Morgan fingerprint density at radius 1 is 0.944 bits per heavy atom. The second-order valence-corrected chi connectivity index (χ2v) is 10.3. The highest BCUT2D eigenvalue weighted by Gasteiger charge is 2.38. The first-order chi connectivity index (χ1) is 17.4. The van der Waals surface area contributed by atoms with Crippen molar-refractivity contribution in [3.63, 3.8) is 0 Å². The molecule has 0 spiro atoms. The third kappa shape index (κ3) is 4.32. The predicted molar refractivity (Wildman–Crippen MR) is 150 cm³/mol. The number of rotatable bonds is 8. The number of allylic oxidation sites excluding steroid dienone is 2. The molecular weight excluding hydrogens is 446 g/mol. The fraction of sp³-hybridized carbons (Fsp3) is 0.333. The molecule has 1 fully saturated rings. The Morgan fingerprint density at radius 2 is 1.53 bits per heavy atom. The van der Waals surface area contributed by atoms with Gasteiger partial charge in [-0.3, -0.25) is 4.79 Å². The molecule has 6 heteroatoms. The largest absolute Gasteiger partial charge is 0.378 e. The van der Waals surface area contributed by atoms with Crippen LogP contribution >= 0.6 is 0 Å². The molecule has 2 aromatic carbocycles. The van der Waals surface area contributed by atoms with Crippen molar-refractivity contribution in [3.8, 4) is 0 Å². The minimum absolute atomic E-state index is 0.358. The van der Waals surface area contributed by atoms with Crippen LogP contribution in [0.3, 0.4) is 0 Å². The topological polar surface area (TPSA) is 53.4 Å². The number of nitrogens with one attached hydrogen (secondary N) is 1. The van der Waals surface area contributed by atoms with Crippen LogP contribution in [0, 0.1) is 0 Å². The smallest absolute Gasteiger partial charge is 0.156 e. The Bertz CT molecular complexity index is 1230. The molecule has 1 heterocycles. The number of carbonyl (C=O) groups is 1. The Hall–Kier alpha value is -3.80. The number of aromatic nitrogens is 2. The SMILES string of the molecule is CN(C)c1ccc(C2(c3ccc(N(C)C)cc3)C=Cc3c(NC4CCC4)nn(C=CC=O)c3C2)cc1. The molecule has 1 aromatic heterocycles. The molecule has 0 atom stereocenters. The van der Waals surface area contributed by atoms with Crippen LogP contribution in [-0.4, -0.2) is 50.3 Å². The van der Waals surface area contributed by atoms with E-state index in [4.69, 9.17) is 5.10 Å². The van der Waals surface area contributed by atoms with E-state index in [9.17, 15) is 4.79 Å². The van der Waals surface area contributed by atoms with Crippen LogP contribution in [0.4, 0.5) is 17.2 Å². The summed E-state index contributed by atoms with van der Waals surface area (Å²) in [5, 5.41) is 8.51. The van der Waals surface area contributed by atoms with E-state index in [1.165, 1.54) is 47.8 Å². The standard InChI is InChI=1S/C30H35N5O/c1-33(2)25-13-9-22(10-14-25)30(23-11-15-26(16-12-23)34(3)4)18-17-27-28(21-30)35(19-6-20-36)32-29(27)31-24-7-5-8-24/h6,9-20,24H,5,7-8,21H2,1-4H3,(H,31,32). The normalized spacial score (nSPS) is 16.4. The number of anilines is 3. The van der Waals surface area contributed by atoms with Crippen molar-refractivity contribution < 1.29 is 4.79 Å². The molecule has 2 aliphatic carbocycles. The first-order valence-corrected chi connectivity index (χ1v) is 12.7. The van der Waals surface area contributed by atoms with Gasteiger partial charge in [-0.15, -0.1) is 0 Å². The van der Waals surface area contributed by atoms with Gasteiger partial charge in [0.15, 0.2) is 5.82 Å². The lowest BCUT2D eigenvalue weighted by Gasteiger charge is -2.35. The van der Waals surface area contributed by atoms with E-state index in [1.54, 1.807) is 6.20 Å². The fourth-order valence-corrected chi connectivity index (χ4v) is 5.15. The zero-order valence-electron chi connectivity index (χ0n) is 21.6. The molecular formula is C30H35N5O. The molecule has 0 unspecified atom stereocenters. The molecule has 0 radical (unpaired) electrons. The molecule has 36 heavy (non-hydrogen) atoms. The Kier molecular flexibility index (Phi) is 6.44. The van der Waals surface area contributed by atoms with Crippen LogP contribution in [0.2, 0.25) is 0 Å². The predicted octanol–water partition coefficient (Wildman–Crippen LogP) is 5.20. The second kappa shape index (κ2) is 9.69. The van der Waals surface area contributed by atoms with E-state index < -0.39 is 0 Å². The highest BCUT2D eigenvalue weighted by Crippen LogP contribution is 2.44. The molecule has 186 valence electrons. The van der Waals surface area contributed by atoms with Crippen molar-refractivity contribution in [2.75, 3.05) is 43.3 Å². The zero-order chi connectivity index (χ0) is 25.3. The van der Waals surface area contributed by atoms with Crippen molar-refractivity contribution in [1.82, 2.24) is 9.78 Å². The summed E-state index contributed by atoms with van der Waals surface area (Å²) in [4.78, 5) is 15.4. The minimum atomic E-state index is -0.358. The zero-order valence-corrected chi connectivity index (χ0v) is 21.6. The van der Waals surface area contributed by atoms with Gasteiger partial charge in [-0.05, 0) is 60.7 Å². The van der Waals surface area contributed by atoms with Gasteiger partial charge in [-0.25, -0.2) is 4.68 Å². The summed E-state index contributed by atoms with van der Waals surface area (Å²) in [6.07, 6.45) is 13.0.